The zero-order chi connectivity index (χ0) is 33.5. The Balaban J connectivity index is 2.35. The Morgan fingerprint density at radius 1 is 1.00 bits per heavy atom. The third-order valence-corrected chi connectivity index (χ3v) is 7.08. The molecule has 0 aliphatic carbocycles. The minimum atomic E-state index is -5.02. The van der Waals surface area contributed by atoms with E-state index in [4.69, 9.17) is 33.5 Å². The van der Waals surface area contributed by atoms with Gasteiger partial charge in [0.25, 0.3) is 0 Å². The molecule has 18 nitrogen and oxygen atoms in total. The molecule has 0 radical (unpaired) electrons. The van der Waals surface area contributed by atoms with Gasteiger partial charge in [-0.2, -0.15) is 4.98 Å². The molecule has 24 heteroatoms. The predicted molar refractivity (Wildman–Crippen MR) is 160 cm³/mol. The first-order valence-corrected chi connectivity index (χ1v) is 14.7. The quantitative estimate of drug-likeness (QED) is 0.0686. The van der Waals surface area contributed by atoms with Crippen molar-refractivity contribution in [2.75, 3.05) is 32.5 Å². The highest BCUT2D eigenvalue weighted by atomic mass is 31.2. The van der Waals surface area contributed by atoms with E-state index in [0.29, 0.717) is 11.1 Å². The number of carbonyl (C=O) groups is 2. The van der Waals surface area contributed by atoms with Crippen LogP contribution in [0.5, 0.6) is 0 Å². The molecule has 0 aliphatic rings. The molecule has 0 spiro atoms. The van der Waals surface area contributed by atoms with Crippen LogP contribution in [0.1, 0.15) is 33.9 Å². The van der Waals surface area contributed by atoms with Gasteiger partial charge < -0.3 is 39.6 Å². The second-order valence-corrected chi connectivity index (χ2v) is 11.8. The molecule has 0 amide bonds. The summed E-state index contributed by atoms with van der Waals surface area (Å²) in [7, 11) is 0.150. The molecule has 2 aromatic rings. The topological polar surface area (TPSA) is 235 Å². The van der Waals surface area contributed by atoms with Crippen LogP contribution in [0.4, 0.5) is 19.9 Å². The molecule has 1 unspecified atom stereocenters. The van der Waals surface area contributed by atoms with E-state index < -0.39 is 76.6 Å². The number of phosphoric ester groups is 1. The van der Waals surface area contributed by atoms with Crippen molar-refractivity contribution in [3.05, 3.63) is 0 Å². The normalized spacial score (nSPS) is 14.4. The number of ether oxygens (including phenoxy) is 5. The Hall–Kier alpha value is -2.93. The van der Waals surface area contributed by atoms with Crippen molar-refractivity contribution >= 4 is 79.9 Å². The number of hydrogen-bond acceptors (Lipinski definition) is 17. The Bertz CT molecular complexity index is 1320. The maximum Gasteiger partial charge on any atom is 0.510 e. The molecule has 2 rings (SSSR count). The number of hydrogen-bond donors (Lipinski definition) is 3. The number of carbonyl (C=O) groups excluding carboxylic acids is 2. The van der Waals surface area contributed by atoms with Crippen molar-refractivity contribution < 1.29 is 66.0 Å². The summed E-state index contributed by atoms with van der Waals surface area (Å²) in [6.07, 6.45) is -5.10. The van der Waals surface area contributed by atoms with Crippen LogP contribution in [0.3, 0.4) is 0 Å². The van der Waals surface area contributed by atoms with E-state index in [-0.39, 0.29) is 17.3 Å². The van der Waals surface area contributed by atoms with Gasteiger partial charge in [0.15, 0.2) is 27.6 Å². The zero-order valence-corrected chi connectivity index (χ0v) is 26.5. The fourth-order valence-electron chi connectivity index (χ4n) is 3.51. The molecule has 0 bridgehead atoms. The van der Waals surface area contributed by atoms with Gasteiger partial charge in [0, 0.05) is 5.59 Å². The van der Waals surface area contributed by atoms with Crippen molar-refractivity contribution in [2.24, 2.45) is 0 Å². The van der Waals surface area contributed by atoms with Crippen molar-refractivity contribution in [1.29, 1.82) is 0 Å². The van der Waals surface area contributed by atoms with Crippen LogP contribution in [0.2, 0.25) is 0 Å². The van der Waals surface area contributed by atoms with E-state index >= 15 is 4.39 Å². The molecule has 0 aliphatic heterocycles. The number of imidazole rings is 1. The number of anilines is 1. The fourth-order valence-corrected chi connectivity index (χ4v) is 4.75. The van der Waals surface area contributed by atoms with Gasteiger partial charge >= 0.3 is 20.1 Å². The first-order valence-electron chi connectivity index (χ1n) is 13.2. The lowest BCUT2D eigenvalue weighted by molar-refractivity contribution is -0.261. The first-order chi connectivity index (χ1) is 20.4. The molecule has 2 heterocycles. The molecule has 4 N–H and O–H groups in total. The number of phosphoric acid groups is 1. The molecule has 0 aromatic carbocycles. The highest BCUT2D eigenvalue weighted by Gasteiger charge is 2.54. The Morgan fingerprint density at radius 2 is 1.52 bits per heavy atom. The largest absolute Gasteiger partial charge is 0.510 e. The summed E-state index contributed by atoms with van der Waals surface area (Å²) in [5.41, 5.74) is 6.77. The van der Waals surface area contributed by atoms with E-state index in [1.807, 2.05) is 0 Å². The fraction of sp³-hybridized carbons (Fsp3) is 0.650. The number of halogens is 1. The van der Waals surface area contributed by atoms with Gasteiger partial charge in [-0.05, 0) is 27.7 Å². The van der Waals surface area contributed by atoms with Crippen LogP contribution < -0.4 is 17.1 Å². The summed E-state index contributed by atoms with van der Waals surface area (Å²) >= 11 is 0. The van der Waals surface area contributed by atoms with E-state index in [0.717, 1.165) is 15.7 Å². The van der Waals surface area contributed by atoms with Crippen molar-refractivity contribution in [2.45, 2.75) is 57.4 Å². The van der Waals surface area contributed by atoms with Crippen LogP contribution >= 0.6 is 7.82 Å². The SMILES string of the molecule is Bc1nc(N)nc2c1nc(B)n2C(CO)O[C@@](F)(CO)C(B)(B)OP(=O)(OCOC(=O)OC(C)C)OCOC(=O)OC(C)C. The number of fused-ring (bicyclic) bond motifs is 1. The lowest BCUT2D eigenvalue weighted by atomic mass is 9.61. The van der Waals surface area contributed by atoms with Gasteiger partial charge in [-0.15, -0.1) is 0 Å². The monoisotopic (exact) mass is 647 g/mol. The Morgan fingerprint density at radius 3 is 1.98 bits per heavy atom. The number of aliphatic hydroxyl groups excluding tert-OH is 2. The third kappa shape index (κ3) is 9.79. The minimum absolute atomic E-state index is 0.0961. The van der Waals surface area contributed by atoms with Gasteiger partial charge in [0.2, 0.25) is 25.4 Å². The Labute approximate surface area is 255 Å². The number of alkyl halides is 1. The van der Waals surface area contributed by atoms with E-state index in [1.165, 1.54) is 12.4 Å². The standard InChI is InChI=1S/C20H35B4FN5O13P/c1-9(2)40-17(33)36-7-38-44(35,39-8-37-18(34)41-10(3)4)43-20(23,24)19(25,6-32)42-11(5-31)30-14-12(27-15(30)22)13(21)28-16(26)29-14/h9-11,31-32H,5-8,21-24H2,1-4H3,(H2,26,28,29)/t11?,19-/m0/s1. The number of nitrogens with zero attached hydrogens (tertiary/aromatic N) is 4. The number of nitrogen functional groups attached to an aromatic ring is 1. The average molecular weight is 647 g/mol. The molecular formula is C20H35B4FN5O13P. The minimum Gasteiger partial charge on any atom is -0.432 e. The molecule has 44 heavy (non-hydrogen) atoms. The third-order valence-electron chi connectivity index (χ3n) is 5.56. The summed E-state index contributed by atoms with van der Waals surface area (Å²) < 4.78 is 71.0. The molecule has 0 fully saturated rings. The van der Waals surface area contributed by atoms with Gasteiger partial charge in [-0.25, -0.2) is 37.6 Å². The number of aliphatic hydroxyl groups is 2. The number of aromatic nitrogens is 4. The number of rotatable bonds is 16. The van der Waals surface area contributed by atoms with Crippen molar-refractivity contribution in [3.63, 3.8) is 0 Å². The van der Waals surface area contributed by atoms with Crippen molar-refractivity contribution in [1.82, 2.24) is 19.5 Å². The van der Waals surface area contributed by atoms with Crippen molar-refractivity contribution in [3.8, 4) is 0 Å². The number of nitrogens with two attached hydrogens (primary N) is 1. The smallest absolute Gasteiger partial charge is 0.432 e. The highest BCUT2D eigenvalue weighted by molar-refractivity contribution is 7.48. The molecule has 0 saturated carbocycles. The second kappa shape index (κ2) is 15.4. The van der Waals surface area contributed by atoms with Crippen LogP contribution in [0, 0.1) is 0 Å². The van der Waals surface area contributed by atoms with E-state index in [1.54, 1.807) is 35.5 Å². The van der Waals surface area contributed by atoms with E-state index in [9.17, 15) is 24.4 Å². The maximum absolute atomic E-state index is 16.5. The first kappa shape index (κ1) is 37.3. The summed E-state index contributed by atoms with van der Waals surface area (Å²) in [5, 5.41) is 17.9. The van der Waals surface area contributed by atoms with Crippen LogP contribution in [0.25, 0.3) is 11.2 Å². The molecule has 2 atom stereocenters. The molecule has 0 saturated heterocycles. The van der Waals surface area contributed by atoms with Gasteiger partial charge in [-0.1, -0.05) is 0 Å². The lowest BCUT2D eigenvalue weighted by Gasteiger charge is -2.41. The molecule has 242 valence electrons. The highest BCUT2D eigenvalue weighted by Crippen LogP contribution is 2.54. The summed E-state index contributed by atoms with van der Waals surface area (Å²) in [6.45, 7) is 1.75. The van der Waals surface area contributed by atoms with Crippen LogP contribution in [0.15, 0.2) is 0 Å². The van der Waals surface area contributed by atoms with Gasteiger partial charge in [-0.3, -0.25) is 9.09 Å². The molecule has 2 aromatic heterocycles. The van der Waals surface area contributed by atoms with E-state index in [2.05, 4.69) is 24.4 Å². The van der Waals surface area contributed by atoms with Gasteiger partial charge in [0.05, 0.1) is 29.9 Å². The maximum atomic E-state index is 16.5. The second-order valence-electron chi connectivity index (χ2n) is 10.2. The summed E-state index contributed by atoms with van der Waals surface area (Å²) in [5.74, 6) is -3.38. The lowest BCUT2D eigenvalue weighted by Crippen LogP contribution is -2.59. The summed E-state index contributed by atoms with van der Waals surface area (Å²) in [6, 6.07) is 0. The van der Waals surface area contributed by atoms with Crippen LogP contribution in [-0.2, 0) is 41.8 Å². The van der Waals surface area contributed by atoms with Gasteiger partial charge in [0.1, 0.15) is 27.8 Å². The molecular weight excluding hydrogens is 611 g/mol. The predicted octanol–water partition coefficient (Wildman–Crippen LogP) is -3.79. The summed E-state index contributed by atoms with van der Waals surface area (Å²) in [4.78, 5) is 35.9. The van der Waals surface area contributed by atoms with Crippen LogP contribution in [-0.4, -0.2) is 124 Å². The zero-order valence-electron chi connectivity index (χ0n) is 25.6. The Kier molecular flexibility index (Phi) is 13.0. The average Bonchev–Trinajstić information content (AvgIpc) is 3.21.